The van der Waals surface area contributed by atoms with Crippen molar-refractivity contribution in [1.82, 2.24) is 4.98 Å². The summed E-state index contributed by atoms with van der Waals surface area (Å²) in [4.78, 5) is 3.71. The van der Waals surface area contributed by atoms with Gasteiger partial charge >= 0.3 is 0 Å². The zero-order valence-electron chi connectivity index (χ0n) is 6.75. The molecule has 0 aliphatic carbocycles. The molecule has 0 aliphatic heterocycles. The van der Waals surface area contributed by atoms with E-state index in [4.69, 9.17) is 16.1 Å². The molecule has 0 saturated carbocycles. The quantitative estimate of drug-likeness (QED) is 0.535. The third-order valence-corrected chi connectivity index (χ3v) is 1.62. The summed E-state index contributed by atoms with van der Waals surface area (Å²) in [6, 6.07) is 4.59. The first-order valence-corrected chi connectivity index (χ1v) is 3.63. The minimum Gasteiger partial charge on any atom is -0.384 e. The van der Waals surface area contributed by atoms with E-state index in [1.54, 1.807) is 6.07 Å². The number of nitrogens with zero attached hydrogens (tertiary/aromatic N) is 2. The van der Waals surface area contributed by atoms with Crippen LogP contribution in [0.2, 0.25) is 0 Å². The Hall–Kier alpha value is -1.64. The van der Waals surface area contributed by atoms with Gasteiger partial charge in [-0.05, 0) is 6.07 Å². The number of aromatic nitrogens is 1. The lowest BCUT2D eigenvalue weighted by molar-refractivity contribution is 0.0531. The zero-order chi connectivity index (χ0) is 9.84. The Morgan fingerprint density at radius 1 is 1.54 bits per heavy atom. The van der Waals surface area contributed by atoms with Gasteiger partial charge in [-0.15, -0.1) is 0 Å². The molecule has 0 saturated heterocycles. The van der Waals surface area contributed by atoms with Crippen LogP contribution in [0.4, 0.5) is 5.82 Å². The molecule has 0 radical (unpaired) electrons. The van der Waals surface area contributed by atoms with E-state index >= 15 is 0 Å². The van der Waals surface area contributed by atoms with Crippen molar-refractivity contribution in [3.8, 4) is 6.07 Å². The summed E-state index contributed by atoms with van der Waals surface area (Å²) in [6.07, 6.45) is -1.32. The normalized spacial score (nSPS) is 14.5. The van der Waals surface area contributed by atoms with Crippen LogP contribution in [0.3, 0.4) is 0 Å². The lowest BCUT2D eigenvalue weighted by atomic mass is 10.1. The van der Waals surface area contributed by atoms with Crippen LogP contribution < -0.4 is 5.73 Å². The molecule has 1 rings (SSSR count). The van der Waals surface area contributed by atoms with Crippen molar-refractivity contribution < 1.29 is 10.2 Å². The number of rotatable bonds is 2. The lowest BCUT2D eigenvalue weighted by Crippen LogP contribution is -2.17. The molecule has 0 aliphatic rings. The Morgan fingerprint density at radius 3 is 2.77 bits per heavy atom. The topological polar surface area (TPSA) is 103 Å². The largest absolute Gasteiger partial charge is 0.384 e. The first-order valence-electron chi connectivity index (χ1n) is 3.63. The molecular formula is C8H9N3O2. The highest BCUT2D eigenvalue weighted by atomic mass is 16.3. The number of hydrogen-bond acceptors (Lipinski definition) is 5. The lowest BCUT2D eigenvalue weighted by Gasteiger charge is -2.12. The number of pyridine rings is 1. The van der Waals surface area contributed by atoms with Crippen molar-refractivity contribution in [3.05, 3.63) is 23.9 Å². The van der Waals surface area contributed by atoms with Gasteiger partial charge < -0.3 is 15.9 Å². The fraction of sp³-hybridized carbons (Fsp3) is 0.250. The minimum absolute atomic E-state index is 0.115. The van der Waals surface area contributed by atoms with E-state index in [1.165, 1.54) is 18.3 Å². The molecule has 0 aromatic carbocycles. The molecular weight excluding hydrogens is 170 g/mol. The van der Waals surface area contributed by atoms with E-state index in [2.05, 4.69) is 4.98 Å². The van der Waals surface area contributed by atoms with Gasteiger partial charge in [0.25, 0.3) is 0 Å². The van der Waals surface area contributed by atoms with Crippen LogP contribution in [0.5, 0.6) is 0 Å². The number of nitrogen functional groups attached to an aromatic ring is 1. The van der Waals surface area contributed by atoms with E-state index in [0.29, 0.717) is 0 Å². The van der Waals surface area contributed by atoms with Crippen LogP contribution in [0.15, 0.2) is 18.3 Å². The number of aliphatic hydroxyl groups excluding tert-OH is 2. The van der Waals surface area contributed by atoms with Gasteiger partial charge in [0.15, 0.2) is 6.10 Å². The molecule has 68 valence electrons. The average Bonchev–Trinajstić information content (AvgIpc) is 2.16. The number of aliphatic hydroxyl groups is 2. The Morgan fingerprint density at radius 2 is 2.23 bits per heavy atom. The first kappa shape index (κ1) is 9.45. The Balaban J connectivity index is 2.96. The van der Waals surface area contributed by atoms with Crippen LogP contribution in [-0.4, -0.2) is 21.3 Å². The first-order chi connectivity index (χ1) is 6.16. The Labute approximate surface area is 75.1 Å². The summed E-state index contributed by atoms with van der Waals surface area (Å²) in [7, 11) is 0. The molecule has 13 heavy (non-hydrogen) atoms. The van der Waals surface area contributed by atoms with Gasteiger partial charge in [0.05, 0.1) is 6.07 Å². The molecule has 0 amide bonds. The molecule has 0 bridgehead atoms. The second-order valence-electron chi connectivity index (χ2n) is 2.50. The monoisotopic (exact) mass is 179 g/mol. The van der Waals surface area contributed by atoms with Gasteiger partial charge in [0, 0.05) is 11.8 Å². The van der Waals surface area contributed by atoms with Gasteiger partial charge in [-0.2, -0.15) is 5.26 Å². The zero-order valence-corrected chi connectivity index (χ0v) is 6.75. The SMILES string of the molecule is N#CC(O)C(O)c1cccnc1N. The van der Waals surface area contributed by atoms with Crippen LogP contribution in [0.1, 0.15) is 11.7 Å². The molecule has 0 fully saturated rings. The van der Waals surface area contributed by atoms with E-state index in [0.717, 1.165) is 0 Å². The number of nitriles is 1. The highest BCUT2D eigenvalue weighted by molar-refractivity contribution is 5.41. The van der Waals surface area contributed by atoms with Crippen LogP contribution >= 0.6 is 0 Å². The second kappa shape index (κ2) is 3.85. The highest BCUT2D eigenvalue weighted by Gasteiger charge is 2.19. The standard InChI is InChI=1S/C8H9N3O2/c9-4-6(12)7(13)5-2-1-3-11-8(5)10/h1-3,6-7,12-13H,(H2,10,11). The molecule has 1 aromatic rings. The summed E-state index contributed by atoms with van der Waals surface area (Å²) in [5.74, 6) is 0.115. The van der Waals surface area contributed by atoms with Gasteiger partial charge in [-0.25, -0.2) is 4.98 Å². The van der Waals surface area contributed by atoms with Gasteiger partial charge in [-0.1, -0.05) is 6.07 Å². The van der Waals surface area contributed by atoms with E-state index in [1.807, 2.05) is 0 Å². The summed E-state index contributed by atoms with van der Waals surface area (Å²) in [5, 5.41) is 26.7. The maximum atomic E-state index is 9.38. The van der Waals surface area contributed by atoms with Crippen LogP contribution in [-0.2, 0) is 0 Å². The average molecular weight is 179 g/mol. The molecule has 2 unspecified atom stereocenters. The van der Waals surface area contributed by atoms with E-state index < -0.39 is 12.2 Å². The molecule has 1 aromatic heterocycles. The van der Waals surface area contributed by atoms with Crippen molar-refractivity contribution in [2.75, 3.05) is 5.73 Å². The Bertz CT molecular complexity index is 334. The maximum Gasteiger partial charge on any atom is 0.170 e. The van der Waals surface area contributed by atoms with Gasteiger partial charge in [0.2, 0.25) is 0 Å². The predicted octanol–water partition coefficient (Wildman–Crippen LogP) is -0.418. The highest BCUT2D eigenvalue weighted by Crippen LogP contribution is 2.20. The molecule has 4 N–H and O–H groups in total. The molecule has 5 heteroatoms. The van der Waals surface area contributed by atoms with Crippen molar-refractivity contribution in [2.24, 2.45) is 0 Å². The third kappa shape index (κ3) is 1.93. The summed E-state index contributed by atoms with van der Waals surface area (Å²) in [6.45, 7) is 0. The molecule has 5 nitrogen and oxygen atoms in total. The second-order valence-corrected chi connectivity index (χ2v) is 2.50. The van der Waals surface area contributed by atoms with Crippen molar-refractivity contribution >= 4 is 5.82 Å². The van der Waals surface area contributed by atoms with Crippen molar-refractivity contribution in [2.45, 2.75) is 12.2 Å². The van der Waals surface area contributed by atoms with E-state index in [-0.39, 0.29) is 11.4 Å². The fourth-order valence-electron chi connectivity index (χ4n) is 0.921. The van der Waals surface area contributed by atoms with Gasteiger partial charge in [-0.3, -0.25) is 0 Å². The fourth-order valence-corrected chi connectivity index (χ4v) is 0.921. The molecule has 0 spiro atoms. The third-order valence-electron chi connectivity index (χ3n) is 1.62. The smallest absolute Gasteiger partial charge is 0.170 e. The van der Waals surface area contributed by atoms with Gasteiger partial charge in [0.1, 0.15) is 11.9 Å². The number of nitrogens with two attached hydrogens (primary N) is 1. The number of hydrogen-bond donors (Lipinski definition) is 3. The van der Waals surface area contributed by atoms with Crippen molar-refractivity contribution in [1.29, 1.82) is 5.26 Å². The van der Waals surface area contributed by atoms with Crippen LogP contribution in [0.25, 0.3) is 0 Å². The minimum atomic E-state index is -1.48. The summed E-state index contributed by atoms with van der Waals surface area (Å²) in [5.41, 5.74) is 5.68. The Kier molecular flexibility index (Phi) is 2.80. The maximum absolute atomic E-state index is 9.38. The molecule has 2 atom stereocenters. The summed E-state index contributed by atoms with van der Waals surface area (Å²) >= 11 is 0. The predicted molar refractivity (Wildman–Crippen MR) is 45.2 cm³/mol. The van der Waals surface area contributed by atoms with E-state index in [9.17, 15) is 5.11 Å². The molecule has 1 heterocycles. The number of anilines is 1. The van der Waals surface area contributed by atoms with Crippen molar-refractivity contribution in [3.63, 3.8) is 0 Å². The van der Waals surface area contributed by atoms with Crippen LogP contribution in [0, 0.1) is 11.3 Å². The summed E-state index contributed by atoms with van der Waals surface area (Å²) < 4.78 is 0.